The molecular weight excluding hydrogens is 363 g/mol. The Labute approximate surface area is 154 Å². The van der Waals surface area contributed by atoms with Crippen LogP contribution in [0.1, 0.15) is 29.2 Å². The fourth-order valence-electron chi connectivity index (χ4n) is 2.96. The summed E-state index contributed by atoms with van der Waals surface area (Å²) in [6.07, 6.45) is 3.22. The highest BCUT2D eigenvalue weighted by Crippen LogP contribution is 2.26. The van der Waals surface area contributed by atoms with E-state index < -0.39 is 17.4 Å². The maximum Gasteiger partial charge on any atom is 0.253 e. The predicted octanol–water partition coefficient (Wildman–Crippen LogP) is 3.20. The van der Waals surface area contributed by atoms with Crippen LogP contribution in [0.3, 0.4) is 0 Å². The molecule has 1 aromatic heterocycles. The van der Waals surface area contributed by atoms with E-state index in [1.807, 2.05) is 0 Å². The van der Waals surface area contributed by atoms with Crippen molar-refractivity contribution in [1.82, 2.24) is 9.47 Å². The Bertz CT molecular complexity index is 873. The third-order valence-electron chi connectivity index (χ3n) is 4.23. The number of benzene rings is 1. The second-order valence-corrected chi connectivity index (χ2v) is 6.71. The molecule has 1 atom stereocenters. The maximum absolute atomic E-state index is 13.1. The van der Waals surface area contributed by atoms with E-state index in [1.165, 1.54) is 30.5 Å². The van der Waals surface area contributed by atoms with E-state index in [4.69, 9.17) is 23.2 Å². The van der Waals surface area contributed by atoms with Crippen LogP contribution in [0.4, 0.5) is 0 Å². The van der Waals surface area contributed by atoms with Crippen molar-refractivity contribution < 1.29 is 9.59 Å². The Kier molecular flexibility index (Phi) is 5.25. The van der Waals surface area contributed by atoms with Gasteiger partial charge in [0.2, 0.25) is 0 Å². The summed E-state index contributed by atoms with van der Waals surface area (Å²) in [4.78, 5) is 39.9. The summed E-state index contributed by atoms with van der Waals surface area (Å²) < 4.78 is 1.16. The molecule has 1 aromatic carbocycles. The number of amides is 1. The lowest BCUT2D eigenvalue weighted by Crippen LogP contribution is -2.42. The number of hydrogen-bond acceptors (Lipinski definition) is 3. The number of Topliss-reactive ketones (excluding diaryl/α,β-unsaturated/α-hetero) is 1. The summed E-state index contributed by atoms with van der Waals surface area (Å²) in [6, 6.07) is 7.68. The van der Waals surface area contributed by atoms with E-state index in [-0.39, 0.29) is 16.5 Å². The number of carbonyl (C=O) groups is 2. The first-order valence-electron chi connectivity index (χ1n) is 7.94. The number of halogens is 2. The average Bonchev–Trinajstić information content (AvgIpc) is 3.11. The third-order valence-corrected chi connectivity index (χ3v) is 4.77. The van der Waals surface area contributed by atoms with Gasteiger partial charge in [0.05, 0.1) is 5.02 Å². The zero-order valence-electron chi connectivity index (χ0n) is 13.3. The quantitative estimate of drug-likeness (QED) is 0.606. The van der Waals surface area contributed by atoms with Gasteiger partial charge in [0.25, 0.3) is 11.5 Å². The summed E-state index contributed by atoms with van der Waals surface area (Å²) in [5.74, 6) is -0.909. The Morgan fingerprint density at radius 2 is 1.76 bits per heavy atom. The molecule has 0 saturated carbocycles. The Balaban J connectivity index is 2.07. The molecular formula is C18H16Cl2N2O3. The van der Waals surface area contributed by atoms with E-state index >= 15 is 0 Å². The zero-order chi connectivity index (χ0) is 18.0. The highest BCUT2D eigenvalue weighted by Gasteiger charge is 2.35. The first-order valence-corrected chi connectivity index (χ1v) is 8.70. The van der Waals surface area contributed by atoms with Crippen LogP contribution in [0.2, 0.25) is 10.0 Å². The van der Waals surface area contributed by atoms with Crippen molar-refractivity contribution in [2.24, 2.45) is 0 Å². The topological polar surface area (TPSA) is 59.4 Å². The molecule has 2 heterocycles. The molecule has 130 valence electrons. The lowest BCUT2D eigenvalue weighted by Gasteiger charge is -2.24. The van der Waals surface area contributed by atoms with E-state index in [0.717, 1.165) is 17.4 Å². The van der Waals surface area contributed by atoms with Crippen LogP contribution < -0.4 is 5.56 Å². The minimum absolute atomic E-state index is 0.153. The highest BCUT2D eigenvalue weighted by atomic mass is 35.5. The standard InChI is InChI=1S/C18H16Cl2N2O3/c19-12-6-7-13(14(20)11-12)17(24)16(18(25)21-8-3-4-9-21)22-10-2-1-5-15(22)23/h1-2,5-7,10-11,16H,3-4,8-9H2. The Hall–Kier alpha value is -2.11. The summed E-state index contributed by atoms with van der Waals surface area (Å²) >= 11 is 12.0. The summed E-state index contributed by atoms with van der Waals surface area (Å²) in [7, 11) is 0. The van der Waals surface area contributed by atoms with Gasteiger partial charge >= 0.3 is 0 Å². The van der Waals surface area contributed by atoms with E-state index in [9.17, 15) is 14.4 Å². The van der Waals surface area contributed by atoms with Gasteiger partial charge in [-0.2, -0.15) is 0 Å². The molecule has 3 rings (SSSR count). The number of rotatable bonds is 4. The van der Waals surface area contributed by atoms with Gasteiger partial charge in [-0.3, -0.25) is 19.0 Å². The van der Waals surface area contributed by atoms with Crippen molar-refractivity contribution in [1.29, 1.82) is 0 Å². The van der Waals surface area contributed by atoms with Crippen molar-refractivity contribution in [3.63, 3.8) is 0 Å². The summed E-state index contributed by atoms with van der Waals surface area (Å²) in [6.45, 7) is 1.16. The molecule has 0 bridgehead atoms. The summed E-state index contributed by atoms with van der Waals surface area (Å²) in [5.41, 5.74) is -0.252. The molecule has 7 heteroatoms. The maximum atomic E-state index is 13.1. The molecule has 1 amide bonds. The number of carbonyl (C=O) groups excluding carboxylic acids is 2. The average molecular weight is 379 g/mol. The van der Waals surface area contributed by atoms with Crippen molar-refractivity contribution in [2.45, 2.75) is 18.9 Å². The van der Waals surface area contributed by atoms with E-state index in [2.05, 4.69) is 0 Å². The molecule has 1 fully saturated rings. The lowest BCUT2D eigenvalue weighted by atomic mass is 10.0. The van der Waals surface area contributed by atoms with Crippen molar-refractivity contribution in [3.8, 4) is 0 Å². The van der Waals surface area contributed by atoms with Gasteiger partial charge in [0, 0.05) is 35.9 Å². The number of pyridine rings is 1. The molecule has 5 nitrogen and oxygen atoms in total. The minimum Gasteiger partial charge on any atom is -0.340 e. The second kappa shape index (κ2) is 7.42. The van der Waals surface area contributed by atoms with Gasteiger partial charge < -0.3 is 4.90 Å². The van der Waals surface area contributed by atoms with Crippen LogP contribution in [0.15, 0.2) is 47.4 Å². The van der Waals surface area contributed by atoms with Gasteiger partial charge in [0.1, 0.15) is 0 Å². The SMILES string of the molecule is O=C(c1ccc(Cl)cc1Cl)C(C(=O)N1CCCC1)n1ccccc1=O. The fraction of sp³-hybridized carbons (Fsp3) is 0.278. The molecule has 2 aromatic rings. The smallest absolute Gasteiger partial charge is 0.253 e. The Morgan fingerprint density at radius 1 is 1.04 bits per heavy atom. The van der Waals surface area contributed by atoms with Gasteiger partial charge in [-0.1, -0.05) is 29.3 Å². The van der Waals surface area contributed by atoms with Crippen molar-refractivity contribution >= 4 is 34.9 Å². The highest BCUT2D eigenvalue weighted by molar-refractivity contribution is 6.37. The zero-order valence-corrected chi connectivity index (χ0v) is 14.8. The third kappa shape index (κ3) is 3.62. The van der Waals surface area contributed by atoms with Crippen LogP contribution in [-0.2, 0) is 4.79 Å². The van der Waals surface area contributed by atoms with Crippen LogP contribution >= 0.6 is 23.2 Å². The number of likely N-dealkylation sites (tertiary alicyclic amines) is 1. The molecule has 0 aliphatic carbocycles. The first kappa shape index (κ1) is 17.7. The van der Waals surface area contributed by atoms with E-state index in [0.29, 0.717) is 18.1 Å². The minimum atomic E-state index is -1.27. The summed E-state index contributed by atoms with van der Waals surface area (Å²) in [5, 5.41) is 0.543. The molecule has 25 heavy (non-hydrogen) atoms. The van der Waals surface area contributed by atoms with Gasteiger partial charge in [-0.05, 0) is 37.1 Å². The second-order valence-electron chi connectivity index (χ2n) is 5.87. The van der Waals surface area contributed by atoms with Crippen LogP contribution in [-0.4, -0.2) is 34.2 Å². The number of ketones is 1. The Morgan fingerprint density at radius 3 is 2.40 bits per heavy atom. The molecule has 1 aliphatic heterocycles. The molecule has 1 saturated heterocycles. The monoisotopic (exact) mass is 378 g/mol. The largest absolute Gasteiger partial charge is 0.340 e. The fourth-order valence-corrected chi connectivity index (χ4v) is 3.46. The van der Waals surface area contributed by atoms with Crippen molar-refractivity contribution in [2.75, 3.05) is 13.1 Å². The van der Waals surface area contributed by atoms with E-state index in [1.54, 1.807) is 17.0 Å². The lowest BCUT2D eigenvalue weighted by molar-refractivity contribution is -0.132. The number of hydrogen-bond donors (Lipinski definition) is 0. The van der Waals surface area contributed by atoms with Crippen LogP contribution in [0, 0.1) is 0 Å². The van der Waals surface area contributed by atoms with Crippen LogP contribution in [0.5, 0.6) is 0 Å². The predicted molar refractivity (Wildman–Crippen MR) is 96.3 cm³/mol. The molecule has 0 radical (unpaired) electrons. The molecule has 0 spiro atoms. The van der Waals surface area contributed by atoms with Gasteiger partial charge in [-0.15, -0.1) is 0 Å². The normalized spacial score (nSPS) is 15.2. The molecule has 0 N–H and O–H groups in total. The number of aromatic nitrogens is 1. The molecule has 1 aliphatic rings. The number of nitrogens with zero attached hydrogens (tertiary/aromatic N) is 2. The first-order chi connectivity index (χ1) is 12.0. The van der Waals surface area contributed by atoms with Gasteiger partial charge in [-0.25, -0.2) is 0 Å². The van der Waals surface area contributed by atoms with Crippen LogP contribution in [0.25, 0.3) is 0 Å². The molecule has 1 unspecified atom stereocenters. The van der Waals surface area contributed by atoms with Crippen molar-refractivity contribution in [3.05, 3.63) is 68.6 Å². The van der Waals surface area contributed by atoms with Gasteiger partial charge in [0.15, 0.2) is 11.8 Å².